The molecule has 1 fully saturated rings. The number of benzene rings is 2. The third kappa shape index (κ3) is 5.16. The molecule has 31 heavy (non-hydrogen) atoms. The SMILES string of the molecule is Cc1cccc(-c2noc(CN3CCCC(C(=O)Nc4ccc(C(N)=O)cc4)C3)n2)c1. The lowest BCUT2D eigenvalue weighted by Crippen LogP contribution is -2.40. The van der Waals surface area contributed by atoms with Gasteiger partial charge >= 0.3 is 0 Å². The molecule has 2 aromatic carbocycles. The van der Waals surface area contributed by atoms with Gasteiger partial charge in [0.25, 0.3) is 0 Å². The van der Waals surface area contributed by atoms with E-state index in [0.717, 1.165) is 30.5 Å². The minimum absolute atomic E-state index is 0.0393. The van der Waals surface area contributed by atoms with Gasteiger partial charge in [0.1, 0.15) is 0 Å². The fourth-order valence-electron chi connectivity index (χ4n) is 3.79. The highest BCUT2D eigenvalue weighted by Gasteiger charge is 2.27. The first-order valence-corrected chi connectivity index (χ1v) is 10.3. The molecule has 8 nitrogen and oxygen atoms in total. The van der Waals surface area contributed by atoms with Gasteiger partial charge in [0, 0.05) is 23.4 Å². The number of aromatic nitrogens is 2. The second-order valence-corrected chi connectivity index (χ2v) is 7.89. The van der Waals surface area contributed by atoms with Crippen LogP contribution in [-0.2, 0) is 11.3 Å². The van der Waals surface area contributed by atoms with Crippen LogP contribution < -0.4 is 11.1 Å². The first-order chi connectivity index (χ1) is 15.0. The van der Waals surface area contributed by atoms with E-state index in [1.54, 1.807) is 24.3 Å². The minimum atomic E-state index is -0.493. The predicted molar refractivity (Wildman–Crippen MR) is 116 cm³/mol. The van der Waals surface area contributed by atoms with E-state index >= 15 is 0 Å². The number of likely N-dealkylation sites (tertiary alicyclic amines) is 1. The van der Waals surface area contributed by atoms with Gasteiger partial charge < -0.3 is 15.6 Å². The van der Waals surface area contributed by atoms with Crippen LogP contribution in [0.2, 0.25) is 0 Å². The Morgan fingerprint density at radius 1 is 1.23 bits per heavy atom. The van der Waals surface area contributed by atoms with Crippen LogP contribution in [0.25, 0.3) is 11.4 Å². The van der Waals surface area contributed by atoms with Crippen LogP contribution >= 0.6 is 0 Å². The molecular formula is C23H25N5O3. The topological polar surface area (TPSA) is 114 Å². The Bertz CT molecular complexity index is 1080. The monoisotopic (exact) mass is 419 g/mol. The summed E-state index contributed by atoms with van der Waals surface area (Å²) >= 11 is 0. The molecule has 1 aromatic heterocycles. The molecule has 0 saturated carbocycles. The molecular weight excluding hydrogens is 394 g/mol. The first-order valence-electron chi connectivity index (χ1n) is 10.3. The number of amides is 2. The number of carbonyl (C=O) groups is 2. The second-order valence-electron chi connectivity index (χ2n) is 7.89. The third-order valence-corrected chi connectivity index (χ3v) is 5.42. The largest absolute Gasteiger partial charge is 0.366 e. The lowest BCUT2D eigenvalue weighted by Gasteiger charge is -2.30. The number of aryl methyl sites for hydroxylation is 1. The molecule has 1 aliphatic rings. The number of carbonyl (C=O) groups excluding carboxylic acids is 2. The van der Waals surface area contributed by atoms with Gasteiger partial charge in [0.2, 0.25) is 23.5 Å². The molecule has 0 aliphatic carbocycles. The molecule has 1 atom stereocenters. The van der Waals surface area contributed by atoms with E-state index in [2.05, 4.69) is 20.4 Å². The van der Waals surface area contributed by atoms with Crippen LogP contribution in [0.4, 0.5) is 5.69 Å². The Morgan fingerprint density at radius 3 is 2.77 bits per heavy atom. The Morgan fingerprint density at radius 2 is 2.03 bits per heavy atom. The van der Waals surface area contributed by atoms with Crippen molar-refractivity contribution in [3.8, 4) is 11.4 Å². The number of hydrogen-bond acceptors (Lipinski definition) is 6. The number of primary amides is 1. The van der Waals surface area contributed by atoms with E-state index in [4.69, 9.17) is 10.3 Å². The summed E-state index contributed by atoms with van der Waals surface area (Å²) in [5.41, 5.74) is 8.37. The molecule has 0 bridgehead atoms. The van der Waals surface area contributed by atoms with E-state index < -0.39 is 5.91 Å². The molecule has 2 heterocycles. The number of rotatable bonds is 6. The lowest BCUT2D eigenvalue weighted by atomic mass is 9.97. The molecule has 3 N–H and O–H groups in total. The van der Waals surface area contributed by atoms with E-state index in [-0.39, 0.29) is 11.8 Å². The number of anilines is 1. The van der Waals surface area contributed by atoms with Crippen LogP contribution in [0.5, 0.6) is 0 Å². The molecule has 1 saturated heterocycles. The molecule has 160 valence electrons. The quantitative estimate of drug-likeness (QED) is 0.635. The summed E-state index contributed by atoms with van der Waals surface area (Å²) in [7, 11) is 0. The highest BCUT2D eigenvalue weighted by atomic mass is 16.5. The van der Waals surface area contributed by atoms with Crippen LogP contribution in [0.3, 0.4) is 0 Å². The Kier molecular flexibility index (Phi) is 6.08. The fraction of sp³-hybridized carbons (Fsp3) is 0.304. The smallest absolute Gasteiger partial charge is 0.248 e. The fourth-order valence-corrected chi connectivity index (χ4v) is 3.79. The second kappa shape index (κ2) is 9.09. The van der Waals surface area contributed by atoms with Gasteiger partial charge in [0.05, 0.1) is 12.5 Å². The van der Waals surface area contributed by atoms with Crippen molar-refractivity contribution in [1.29, 1.82) is 0 Å². The summed E-state index contributed by atoms with van der Waals surface area (Å²) in [6.45, 7) is 4.03. The lowest BCUT2D eigenvalue weighted by molar-refractivity contribution is -0.121. The molecule has 2 amide bonds. The van der Waals surface area contributed by atoms with E-state index in [9.17, 15) is 9.59 Å². The number of piperidine rings is 1. The van der Waals surface area contributed by atoms with Gasteiger partial charge in [-0.05, 0) is 56.6 Å². The molecule has 0 radical (unpaired) electrons. The predicted octanol–water partition coefficient (Wildman–Crippen LogP) is 2.99. The van der Waals surface area contributed by atoms with Crippen LogP contribution in [0.1, 0.15) is 34.7 Å². The van der Waals surface area contributed by atoms with Gasteiger partial charge in [-0.2, -0.15) is 4.98 Å². The zero-order chi connectivity index (χ0) is 21.8. The van der Waals surface area contributed by atoms with Gasteiger partial charge in [-0.25, -0.2) is 0 Å². The zero-order valence-electron chi connectivity index (χ0n) is 17.4. The maximum Gasteiger partial charge on any atom is 0.248 e. The Hall–Kier alpha value is -3.52. The number of hydrogen-bond donors (Lipinski definition) is 2. The van der Waals surface area contributed by atoms with Crippen LogP contribution in [0.15, 0.2) is 53.1 Å². The first kappa shape index (κ1) is 20.7. The summed E-state index contributed by atoms with van der Waals surface area (Å²) in [6.07, 6.45) is 1.73. The maximum absolute atomic E-state index is 12.7. The van der Waals surface area contributed by atoms with Crippen molar-refractivity contribution in [2.24, 2.45) is 11.7 Å². The van der Waals surface area contributed by atoms with Crippen molar-refractivity contribution in [3.05, 3.63) is 65.5 Å². The summed E-state index contributed by atoms with van der Waals surface area (Å²) in [5.74, 6) is 0.447. The molecule has 1 aliphatic heterocycles. The van der Waals surface area contributed by atoms with Crippen molar-refractivity contribution in [1.82, 2.24) is 15.0 Å². The van der Waals surface area contributed by atoms with E-state index in [0.29, 0.717) is 36.1 Å². The van der Waals surface area contributed by atoms with E-state index in [1.165, 1.54) is 0 Å². The summed E-state index contributed by atoms with van der Waals surface area (Å²) in [4.78, 5) is 30.6. The van der Waals surface area contributed by atoms with Crippen molar-refractivity contribution in [2.45, 2.75) is 26.3 Å². The van der Waals surface area contributed by atoms with Crippen LogP contribution in [-0.4, -0.2) is 39.9 Å². The standard InChI is InChI=1S/C23H25N5O3/c1-15-4-2-5-17(12-15)22-26-20(31-27-22)14-28-11-3-6-18(13-28)23(30)25-19-9-7-16(8-10-19)21(24)29/h2,4-5,7-10,12,18H,3,6,11,13-14H2,1H3,(H2,24,29)(H,25,30). The molecule has 4 rings (SSSR count). The van der Waals surface area contributed by atoms with Crippen molar-refractivity contribution >= 4 is 17.5 Å². The highest BCUT2D eigenvalue weighted by Crippen LogP contribution is 2.22. The maximum atomic E-state index is 12.7. The number of nitrogens with one attached hydrogen (secondary N) is 1. The summed E-state index contributed by atoms with van der Waals surface area (Å²) < 4.78 is 5.44. The Balaban J connectivity index is 1.35. The number of nitrogens with two attached hydrogens (primary N) is 1. The van der Waals surface area contributed by atoms with Gasteiger partial charge in [-0.1, -0.05) is 28.9 Å². The molecule has 1 unspecified atom stereocenters. The van der Waals surface area contributed by atoms with Gasteiger partial charge in [0.15, 0.2) is 0 Å². The van der Waals surface area contributed by atoms with E-state index in [1.807, 2.05) is 31.2 Å². The molecule has 8 heteroatoms. The normalized spacial score (nSPS) is 16.7. The average molecular weight is 419 g/mol. The molecule has 0 spiro atoms. The third-order valence-electron chi connectivity index (χ3n) is 5.42. The van der Waals surface area contributed by atoms with Crippen molar-refractivity contribution < 1.29 is 14.1 Å². The summed E-state index contributed by atoms with van der Waals surface area (Å²) in [6, 6.07) is 14.5. The summed E-state index contributed by atoms with van der Waals surface area (Å²) in [5, 5.41) is 7.02. The van der Waals surface area contributed by atoms with Gasteiger partial charge in [-0.15, -0.1) is 0 Å². The zero-order valence-corrected chi connectivity index (χ0v) is 17.4. The Labute approximate surface area is 180 Å². The van der Waals surface area contributed by atoms with Crippen molar-refractivity contribution in [2.75, 3.05) is 18.4 Å². The van der Waals surface area contributed by atoms with Gasteiger partial charge in [-0.3, -0.25) is 14.5 Å². The number of nitrogens with zero attached hydrogens (tertiary/aromatic N) is 3. The van der Waals surface area contributed by atoms with Crippen LogP contribution in [0, 0.1) is 12.8 Å². The molecule has 3 aromatic rings. The average Bonchev–Trinajstić information content (AvgIpc) is 3.23. The minimum Gasteiger partial charge on any atom is -0.366 e. The van der Waals surface area contributed by atoms with Crippen molar-refractivity contribution in [3.63, 3.8) is 0 Å². The highest BCUT2D eigenvalue weighted by molar-refractivity contribution is 5.95.